The van der Waals surface area contributed by atoms with Gasteiger partial charge in [-0.25, -0.2) is 0 Å². The number of hydrogen-bond donors (Lipinski definition) is 2. The number of hydrogen-bond acceptors (Lipinski definition) is 3. The molecule has 18 heavy (non-hydrogen) atoms. The zero-order valence-electron chi connectivity index (χ0n) is 11.2. The number of methoxy groups -OCH3 is 1. The van der Waals surface area contributed by atoms with E-state index in [1.165, 1.54) is 18.4 Å². The number of aliphatic hydroxyl groups is 1. The van der Waals surface area contributed by atoms with Crippen LogP contribution >= 0.6 is 0 Å². The van der Waals surface area contributed by atoms with Crippen LogP contribution in [0.3, 0.4) is 0 Å². The number of aliphatic hydroxyl groups excluding tert-OH is 1. The average Bonchev–Trinajstić information content (AvgIpc) is 3.25. The van der Waals surface area contributed by atoms with Crippen LogP contribution in [0.2, 0.25) is 0 Å². The zero-order chi connectivity index (χ0) is 13.0. The van der Waals surface area contributed by atoms with Crippen LogP contribution in [-0.2, 0) is 0 Å². The minimum absolute atomic E-state index is 0.192. The molecule has 2 atom stereocenters. The average molecular weight is 249 g/mol. The van der Waals surface area contributed by atoms with Crippen LogP contribution in [0.25, 0.3) is 0 Å². The fourth-order valence-corrected chi connectivity index (χ4v) is 2.30. The van der Waals surface area contributed by atoms with Crippen molar-refractivity contribution in [2.24, 2.45) is 5.92 Å². The van der Waals surface area contributed by atoms with E-state index in [9.17, 15) is 5.11 Å². The first kappa shape index (κ1) is 13.4. The lowest BCUT2D eigenvalue weighted by Crippen LogP contribution is -2.36. The summed E-state index contributed by atoms with van der Waals surface area (Å²) in [6.45, 7) is 2.31. The van der Waals surface area contributed by atoms with Gasteiger partial charge in [0.15, 0.2) is 0 Å². The first-order valence-electron chi connectivity index (χ1n) is 6.79. The summed E-state index contributed by atoms with van der Waals surface area (Å²) in [6, 6.07) is 8.82. The summed E-state index contributed by atoms with van der Waals surface area (Å²) in [6.07, 6.45) is 3.52. The van der Waals surface area contributed by atoms with E-state index in [0.717, 1.165) is 18.1 Å². The van der Waals surface area contributed by atoms with Crippen molar-refractivity contribution in [3.63, 3.8) is 0 Å². The minimum Gasteiger partial charge on any atom is -0.497 e. The summed E-state index contributed by atoms with van der Waals surface area (Å²) < 4.78 is 5.19. The molecule has 0 aliphatic heterocycles. The monoisotopic (exact) mass is 249 g/mol. The van der Waals surface area contributed by atoms with Crippen molar-refractivity contribution in [2.75, 3.05) is 13.7 Å². The largest absolute Gasteiger partial charge is 0.497 e. The van der Waals surface area contributed by atoms with Gasteiger partial charge in [0.25, 0.3) is 0 Å². The molecule has 1 aliphatic carbocycles. The Bertz CT molecular complexity index is 355. The lowest BCUT2D eigenvalue weighted by Gasteiger charge is -2.24. The quantitative estimate of drug-likeness (QED) is 0.780. The molecule has 0 heterocycles. The van der Waals surface area contributed by atoms with Crippen LogP contribution in [0.1, 0.15) is 37.8 Å². The van der Waals surface area contributed by atoms with E-state index in [4.69, 9.17) is 4.74 Å². The van der Waals surface area contributed by atoms with Gasteiger partial charge in [0, 0.05) is 12.1 Å². The van der Waals surface area contributed by atoms with Gasteiger partial charge in [-0.2, -0.15) is 0 Å². The van der Waals surface area contributed by atoms with Crippen molar-refractivity contribution in [1.29, 1.82) is 0 Å². The molecule has 0 saturated heterocycles. The molecule has 2 N–H and O–H groups in total. The van der Waals surface area contributed by atoms with Crippen LogP contribution in [0.5, 0.6) is 5.75 Å². The molecular weight excluding hydrogens is 226 g/mol. The van der Waals surface area contributed by atoms with E-state index >= 15 is 0 Å². The van der Waals surface area contributed by atoms with E-state index in [2.05, 4.69) is 24.4 Å². The zero-order valence-corrected chi connectivity index (χ0v) is 11.2. The molecule has 1 fully saturated rings. The molecule has 3 heteroatoms. The molecule has 0 amide bonds. The second kappa shape index (κ2) is 6.21. The molecule has 0 radical (unpaired) electrons. The number of ether oxygens (including phenoxy) is 1. The Kier molecular flexibility index (Phi) is 4.61. The summed E-state index contributed by atoms with van der Waals surface area (Å²) in [5.41, 5.74) is 1.30. The molecule has 2 rings (SSSR count). The van der Waals surface area contributed by atoms with Crippen molar-refractivity contribution in [3.05, 3.63) is 29.8 Å². The van der Waals surface area contributed by atoms with Crippen LogP contribution in [-0.4, -0.2) is 24.9 Å². The van der Waals surface area contributed by atoms with Crippen molar-refractivity contribution in [3.8, 4) is 5.75 Å². The van der Waals surface area contributed by atoms with Gasteiger partial charge < -0.3 is 15.2 Å². The lowest BCUT2D eigenvalue weighted by atomic mass is 10.0. The van der Waals surface area contributed by atoms with E-state index in [0.29, 0.717) is 6.04 Å². The Labute approximate surface area is 109 Å². The summed E-state index contributed by atoms with van der Waals surface area (Å²) >= 11 is 0. The molecule has 1 aliphatic rings. The SMILES string of the molecule is CCC(CO)NC(c1ccc(OC)cc1)C1CC1. The van der Waals surface area contributed by atoms with Crippen molar-refractivity contribution in [2.45, 2.75) is 38.3 Å². The topological polar surface area (TPSA) is 41.5 Å². The van der Waals surface area contributed by atoms with Crippen LogP contribution < -0.4 is 10.1 Å². The molecule has 3 nitrogen and oxygen atoms in total. The van der Waals surface area contributed by atoms with Crippen molar-refractivity contribution < 1.29 is 9.84 Å². The van der Waals surface area contributed by atoms with Gasteiger partial charge in [-0.15, -0.1) is 0 Å². The van der Waals surface area contributed by atoms with Crippen LogP contribution in [0.4, 0.5) is 0 Å². The normalized spacial score (nSPS) is 18.4. The highest BCUT2D eigenvalue weighted by atomic mass is 16.5. The summed E-state index contributed by atoms with van der Waals surface area (Å²) in [5, 5.41) is 12.9. The third-order valence-electron chi connectivity index (χ3n) is 3.70. The van der Waals surface area contributed by atoms with Crippen molar-refractivity contribution in [1.82, 2.24) is 5.32 Å². The summed E-state index contributed by atoms with van der Waals surface area (Å²) in [7, 11) is 1.69. The smallest absolute Gasteiger partial charge is 0.118 e. The minimum atomic E-state index is 0.192. The fraction of sp³-hybridized carbons (Fsp3) is 0.600. The molecule has 0 bridgehead atoms. The highest BCUT2D eigenvalue weighted by Crippen LogP contribution is 2.41. The van der Waals surface area contributed by atoms with Crippen molar-refractivity contribution >= 4 is 0 Å². The Morgan fingerprint density at radius 1 is 1.33 bits per heavy atom. The Morgan fingerprint density at radius 2 is 2.00 bits per heavy atom. The third-order valence-corrected chi connectivity index (χ3v) is 3.70. The fourth-order valence-electron chi connectivity index (χ4n) is 2.30. The van der Waals surface area contributed by atoms with Crippen LogP contribution in [0, 0.1) is 5.92 Å². The van der Waals surface area contributed by atoms with Gasteiger partial charge in [0.2, 0.25) is 0 Å². The maximum atomic E-state index is 9.32. The highest BCUT2D eigenvalue weighted by molar-refractivity contribution is 5.30. The molecule has 1 aromatic rings. The number of nitrogens with one attached hydrogen (secondary N) is 1. The number of rotatable bonds is 7. The molecule has 2 unspecified atom stereocenters. The van der Waals surface area contributed by atoms with Gasteiger partial charge in [-0.05, 0) is 42.9 Å². The Balaban J connectivity index is 2.08. The molecule has 0 spiro atoms. The first-order valence-corrected chi connectivity index (χ1v) is 6.79. The van der Waals surface area contributed by atoms with Gasteiger partial charge >= 0.3 is 0 Å². The van der Waals surface area contributed by atoms with Gasteiger partial charge in [0.05, 0.1) is 13.7 Å². The van der Waals surface area contributed by atoms with Gasteiger partial charge in [-0.1, -0.05) is 19.1 Å². The number of benzene rings is 1. The molecular formula is C15H23NO2. The van der Waals surface area contributed by atoms with E-state index in [1.807, 2.05) is 12.1 Å². The van der Waals surface area contributed by atoms with Gasteiger partial charge in [-0.3, -0.25) is 0 Å². The predicted octanol–water partition coefficient (Wildman–Crippen LogP) is 2.51. The van der Waals surface area contributed by atoms with Crippen LogP contribution in [0.15, 0.2) is 24.3 Å². The Morgan fingerprint density at radius 3 is 2.44 bits per heavy atom. The lowest BCUT2D eigenvalue weighted by molar-refractivity contribution is 0.223. The second-order valence-electron chi connectivity index (χ2n) is 5.04. The van der Waals surface area contributed by atoms with E-state index in [-0.39, 0.29) is 12.6 Å². The predicted molar refractivity (Wildman–Crippen MR) is 72.8 cm³/mol. The maximum Gasteiger partial charge on any atom is 0.118 e. The summed E-state index contributed by atoms with van der Waals surface area (Å²) in [5.74, 6) is 1.61. The third kappa shape index (κ3) is 3.24. The standard InChI is InChI=1S/C15H23NO2/c1-3-13(10-17)16-15(11-4-5-11)12-6-8-14(18-2)9-7-12/h6-9,11,13,15-17H,3-5,10H2,1-2H3. The van der Waals surface area contributed by atoms with E-state index < -0.39 is 0 Å². The molecule has 0 aromatic heterocycles. The molecule has 1 aromatic carbocycles. The van der Waals surface area contributed by atoms with E-state index in [1.54, 1.807) is 7.11 Å². The molecule has 100 valence electrons. The maximum absolute atomic E-state index is 9.32. The molecule has 1 saturated carbocycles. The Hall–Kier alpha value is -1.06. The highest BCUT2D eigenvalue weighted by Gasteiger charge is 2.33. The second-order valence-corrected chi connectivity index (χ2v) is 5.04. The van der Waals surface area contributed by atoms with Gasteiger partial charge in [0.1, 0.15) is 5.75 Å². The first-order chi connectivity index (χ1) is 8.78. The summed E-state index contributed by atoms with van der Waals surface area (Å²) in [4.78, 5) is 0.